The van der Waals surface area contributed by atoms with Crippen LogP contribution < -0.4 is 0 Å². The van der Waals surface area contributed by atoms with Crippen LogP contribution >= 0.6 is 22.7 Å². The maximum Gasteiger partial charge on any atom is 0.263 e. The third-order valence-corrected chi connectivity index (χ3v) is 13.3. The Hall–Kier alpha value is -2.25. The molecule has 4 rings (SSSR count). The molecule has 278 valence electrons. The first-order valence-electron chi connectivity index (χ1n) is 20.4. The lowest BCUT2D eigenvalue weighted by atomic mass is 9.93. The van der Waals surface area contributed by atoms with E-state index in [-0.39, 0.29) is 17.7 Å². The van der Waals surface area contributed by atoms with Gasteiger partial charge in [0.15, 0.2) is 0 Å². The molecule has 0 aliphatic carbocycles. The molecule has 0 fully saturated rings. The van der Waals surface area contributed by atoms with Gasteiger partial charge in [-0.25, -0.2) is 0 Å². The monoisotopic (exact) mass is 722 g/mol. The number of fused-ring (bicyclic) bond motifs is 2. The van der Waals surface area contributed by atoms with E-state index in [1.165, 1.54) is 114 Å². The molecule has 4 heterocycles. The normalized spacial score (nSPS) is 14.8. The molecule has 0 spiro atoms. The number of hydrogen-bond acceptors (Lipinski definition) is 5. The summed E-state index contributed by atoms with van der Waals surface area (Å²) in [6.07, 6.45) is 26.9. The molecule has 0 bridgehead atoms. The highest BCUT2D eigenvalue weighted by Crippen LogP contribution is 2.50. The minimum atomic E-state index is -0.166. The summed E-state index contributed by atoms with van der Waals surface area (Å²) in [5.41, 5.74) is 3.49. The molecular weight excluding hydrogens is 657 g/mol. The van der Waals surface area contributed by atoms with Crippen molar-refractivity contribution in [1.29, 1.82) is 0 Å². The van der Waals surface area contributed by atoms with Crippen molar-refractivity contribution in [1.82, 2.24) is 9.80 Å². The van der Waals surface area contributed by atoms with Gasteiger partial charge >= 0.3 is 0 Å². The van der Waals surface area contributed by atoms with Gasteiger partial charge in [-0.15, -0.1) is 22.7 Å². The minimum Gasteiger partial charge on any atom is -0.308 e. The number of nitrogens with zero attached hydrogens (tertiary/aromatic N) is 2. The van der Waals surface area contributed by atoms with E-state index in [4.69, 9.17) is 0 Å². The van der Waals surface area contributed by atoms with Crippen molar-refractivity contribution in [3.05, 3.63) is 38.6 Å². The average molecular weight is 723 g/mol. The number of carbonyl (C=O) groups excluding carboxylic acids is 3. The van der Waals surface area contributed by atoms with Gasteiger partial charge in [-0.3, -0.25) is 19.3 Å². The quantitative estimate of drug-likeness (QED) is 0.0717. The fourth-order valence-corrected chi connectivity index (χ4v) is 10.4. The number of hydrogen-bond donors (Lipinski definition) is 0. The topological polar surface area (TPSA) is 57.7 Å². The zero-order chi connectivity index (χ0) is 36.0. The lowest BCUT2D eigenvalue weighted by molar-refractivity contribution is 0.0621. The summed E-state index contributed by atoms with van der Waals surface area (Å²) in [6, 6.07) is 0. The van der Waals surface area contributed by atoms with Crippen LogP contribution in [-0.2, 0) is 0 Å². The van der Waals surface area contributed by atoms with Gasteiger partial charge in [0, 0.05) is 34.1 Å². The Morgan fingerprint density at radius 3 is 1.38 bits per heavy atom. The molecule has 0 saturated heterocycles. The molecule has 1 atom stereocenters. The second kappa shape index (κ2) is 20.7. The zero-order valence-electron chi connectivity index (χ0n) is 32.2. The van der Waals surface area contributed by atoms with Crippen LogP contribution in [0.25, 0.3) is 15.5 Å². The molecule has 1 unspecified atom stereocenters. The van der Waals surface area contributed by atoms with Crippen LogP contribution in [0, 0.1) is 19.8 Å². The highest BCUT2D eigenvalue weighted by molar-refractivity contribution is 7.23. The number of carbonyl (C=O) groups is 3. The van der Waals surface area contributed by atoms with E-state index in [0.29, 0.717) is 35.7 Å². The number of rotatable bonds is 26. The predicted molar refractivity (Wildman–Crippen MR) is 215 cm³/mol. The molecule has 0 saturated carbocycles. The molecule has 0 aromatic carbocycles. The van der Waals surface area contributed by atoms with E-state index in [1.54, 1.807) is 16.2 Å². The van der Waals surface area contributed by atoms with Crippen molar-refractivity contribution in [2.45, 2.75) is 176 Å². The molecule has 7 heteroatoms. The maximum atomic E-state index is 14.3. The van der Waals surface area contributed by atoms with Crippen LogP contribution in [0.15, 0.2) is 6.58 Å². The minimum absolute atomic E-state index is 0.00398. The van der Waals surface area contributed by atoms with Gasteiger partial charge in [-0.05, 0) is 39.0 Å². The smallest absolute Gasteiger partial charge is 0.263 e. The number of thiophene rings is 2. The van der Waals surface area contributed by atoms with Crippen molar-refractivity contribution >= 4 is 46.1 Å². The zero-order valence-corrected chi connectivity index (χ0v) is 33.8. The first-order valence-corrected chi connectivity index (χ1v) is 22.0. The highest BCUT2D eigenvalue weighted by atomic mass is 32.1. The van der Waals surface area contributed by atoms with Gasteiger partial charge in [-0.1, -0.05) is 149 Å². The molecule has 2 aromatic rings. The SMILES string of the molecule is C=C1c2c(C)sc(-c3sc(C)c4c3C(=O)N(CC(CCCCCCCC)CCCCCCCCCC)C4=O)c2C(=O)N1CCCCCCCC. The van der Waals surface area contributed by atoms with Gasteiger partial charge in [-0.2, -0.15) is 0 Å². The van der Waals surface area contributed by atoms with Crippen LogP contribution in [0.5, 0.6) is 0 Å². The Balaban J connectivity index is 1.46. The van der Waals surface area contributed by atoms with Gasteiger partial charge in [0.25, 0.3) is 17.7 Å². The van der Waals surface area contributed by atoms with E-state index in [9.17, 15) is 14.4 Å². The van der Waals surface area contributed by atoms with Crippen molar-refractivity contribution in [3.8, 4) is 9.75 Å². The molecule has 5 nitrogen and oxygen atoms in total. The molecular formula is C43H66N2O3S2. The molecule has 0 radical (unpaired) electrons. The molecule has 2 aromatic heterocycles. The van der Waals surface area contributed by atoms with E-state index in [1.807, 2.05) is 11.8 Å². The lowest BCUT2D eigenvalue weighted by Crippen LogP contribution is -2.35. The fourth-order valence-electron chi connectivity index (χ4n) is 7.99. The average Bonchev–Trinajstić information content (AvgIpc) is 3.78. The summed E-state index contributed by atoms with van der Waals surface area (Å²) in [6.45, 7) is 16.3. The van der Waals surface area contributed by atoms with Crippen molar-refractivity contribution < 1.29 is 14.4 Å². The molecule has 50 heavy (non-hydrogen) atoms. The van der Waals surface area contributed by atoms with Crippen molar-refractivity contribution in [2.24, 2.45) is 5.92 Å². The third kappa shape index (κ3) is 9.99. The Morgan fingerprint density at radius 2 is 0.880 bits per heavy atom. The van der Waals surface area contributed by atoms with Crippen LogP contribution in [0.2, 0.25) is 0 Å². The summed E-state index contributed by atoms with van der Waals surface area (Å²) in [4.78, 5) is 49.2. The second-order valence-corrected chi connectivity index (χ2v) is 17.5. The predicted octanol–water partition coefficient (Wildman–Crippen LogP) is 13.4. The first-order chi connectivity index (χ1) is 24.3. The van der Waals surface area contributed by atoms with E-state index < -0.39 is 0 Å². The van der Waals surface area contributed by atoms with Gasteiger partial charge < -0.3 is 4.90 Å². The first kappa shape index (κ1) is 40.5. The Morgan fingerprint density at radius 1 is 0.500 bits per heavy atom. The fraction of sp³-hybridized carbons (Fsp3) is 0.698. The Labute approximate surface area is 312 Å². The number of imide groups is 1. The van der Waals surface area contributed by atoms with E-state index in [2.05, 4.69) is 34.3 Å². The number of aryl methyl sites for hydroxylation is 2. The van der Waals surface area contributed by atoms with Crippen LogP contribution in [0.3, 0.4) is 0 Å². The van der Waals surface area contributed by atoms with Crippen LogP contribution in [-0.4, -0.2) is 40.6 Å². The number of unbranched alkanes of at least 4 members (excludes halogenated alkanes) is 17. The maximum absolute atomic E-state index is 14.3. The second-order valence-electron chi connectivity index (χ2n) is 15.1. The summed E-state index contributed by atoms with van der Waals surface area (Å²) < 4.78 is 0. The summed E-state index contributed by atoms with van der Waals surface area (Å²) in [7, 11) is 0. The summed E-state index contributed by atoms with van der Waals surface area (Å²) >= 11 is 3.08. The van der Waals surface area contributed by atoms with E-state index >= 15 is 0 Å². The molecule has 2 aliphatic rings. The third-order valence-electron chi connectivity index (χ3n) is 11.0. The summed E-state index contributed by atoms with van der Waals surface area (Å²) in [5, 5.41) is 0. The van der Waals surface area contributed by atoms with Gasteiger partial charge in [0.1, 0.15) is 0 Å². The van der Waals surface area contributed by atoms with Crippen molar-refractivity contribution in [2.75, 3.05) is 13.1 Å². The van der Waals surface area contributed by atoms with Crippen LogP contribution in [0.1, 0.15) is 208 Å². The highest BCUT2D eigenvalue weighted by Gasteiger charge is 2.44. The lowest BCUT2D eigenvalue weighted by Gasteiger charge is -2.23. The molecule has 3 amide bonds. The van der Waals surface area contributed by atoms with Gasteiger partial charge in [0.05, 0.1) is 26.4 Å². The molecule has 0 N–H and O–H groups in total. The Bertz CT molecular complexity index is 1440. The molecule has 2 aliphatic heterocycles. The van der Waals surface area contributed by atoms with Crippen LogP contribution in [0.4, 0.5) is 0 Å². The van der Waals surface area contributed by atoms with Crippen molar-refractivity contribution in [3.63, 3.8) is 0 Å². The van der Waals surface area contributed by atoms with E-state index in [0.717, 1.165) is 69.3 Å². The Kier molecular flexibility index (Phi) is 16.8. The summed E-state index contributed by atoms with van der Waals surface area (Å²) in [5.74, 6) is 0.0235. The largest absolute Gasteiger partial charge is 0.308 e. The van der Waals surface area contributed by atoms with Gasteiger partial charge in [0.2, 0.25) is 0 Å². The standard InChI is InChI=1S/C43H66N2O3S2/c1-7-10-13-16-19-20-22-25-28-34(27-24-21-17-14-11-8-2)30-45-41(46)36-33(6)50-40(38(36)43(45)48)39-37-35(32(5)49-39)31(4)44(42(37)47)29-26-23-18-15-12-9-3/h34H,4,7-30H2,1-3,5-6H3. The number of amides is 3.